The van der Waals surface area contributed by atoms with E-state index in [1.54, 1.807) is 12.4 Å². The maximum absolute atomic E-state index is 10.8. The Kier molecular flexibility index (Phi) is 2.81. The van der Waals surface area contributed by atoms with Gasteiger partial charge in [-0.2, -0.15) is 0 Å². The van der Waals surface area contributed by atoms with Gasteiger partial charge in [-0.15, -0.1) is 0 Å². The lowest BCUT2D eigenvalue weighted by Gasteiger charge is -1.98. The molecule has 10 heavy (non-hydrogen) atoms. The van der Waals surface area contributed by atoms with E-state index in [1.807, 2.05) is 6.08 Å². The van der Waals surface area contributed by atoms with Crippen LogP contribution in [-0.2, 0) is 4.79 Å². The molecule has 0 spiro atoms. The molecule has 0 aliphatic carbocycles. The van der Waals surface area contributed by atoms with E-state index >= 15 is 0 Å². The molecule has 1 aliphatic rings. The summed E-state index contributed by atoms with van der Waals surface area (Å²) in [5.41, 5.74) is 0. The zero-order valence-electron chi connectivity index (χ0n) is 5.46. The molecule has 0 aromatic heterocycles. The smallest absolute Gasteiger partial charge is 0.144 e. The summed E-state index contributed by atoms with van der Waals surface area (Å²) in [5.74, 6) is 0.466. The molecule has 1 heterocycles. The third kappa shape index (κ3) is 2.06. The van der Waals surface area contributed by atoms with E-state index in [9.17, 15) is 4.79 Å². The maximum atomic E-state index is 10.8. The molecule has 1 rings (SSSR count). The lowest BCUT2D eigenvalue weighted by Crippen LogP contribution is -2.06. The summed E-state index contributed by atoms with van der Waals surface area (Å²) in [6, 6.07) is 0. The van der Waals surface area contributed by atoms with Gasteiger partial charge in [-0.1, -0.05) is 22.0 Å². The number of alkyl halides is 1. The second-order valence-electron chi connectivity index (χ2n) is 2.18. The van der Waals surface area contributed by atoms with Gasteiger partial charge in [0.15, 0.2) is 0 Å². The van der Waals surface area contributed by atoms with Crippen molar-refractivity contribution >= 4 is 27.9 Å². The van der Waals surface area contributed by atoms with E-state index in [0.717, 1.165) is 0 Å². The minimum absolute atomic E-state index is 0.225. The molecule has 0 aromatic carbocycles. The van der Waals surface area contributed by atoms with Crippen molar-refractivity contribution in [2.75, 3.05) is 5.33 Å². The van der Waals surface area contributed by atoms with Crippen molar-refractivity contribution < 1.29 is 4.79 Å². The predicted octanol–water partition coefficient (Wildman–Crippen LogP) is 1.55. The van der Waals surface area contributed by atoms with Crippen LogP contribution in [0.25, 0.3) is 0 Å². The van der Waals surface area contributed by atoms with Gasteiger partial charge < -0.3 is 0 Å². The zero-order chi connectivity index (χ0) is 7.40. The molecule has 54 valence electrons. The number of carbonyl (C=O) groups excluding carboxylic acids is 1. The van der Waals surface area contributed by atoms with Crippen LogP contribution in [0.4, 0.5) is 0 Å². The van der Waals surface area contributed by atoms with Gasteiger partial charge in [0.2, 0.25) is 0 Å². The first kappa shape index (κ1) is 7.66. The first-order valence-corrected chi connectivity index (χ1v) is 4.22. The Hall–Kier alpha value is -0.440. The van der Waals surface area contributed by atoms with Gasteiger partial charge in [-0.3, -0.25) is 9.79 Å². The van der Waals surface area contributed by atoms with E-state index < -0.39 is 0 Å². The van der Waals surface area contributed by atoms with Crippen LogP contribution in [0.15, 0.2) is 17.3 Å². The highest BCUT2D eigenvalue weighted by atomic mass is 79.9. The number of halogens is 1. The van der Waals surface area contributed by atoms with Crippen molar-refractivity contribution in [3.63, 3.8) is 0 Å². The van der Waals surface area contributed by atoms with E-state index in [0.29, 0.717) is 11.8 Å². The summed E-state index contributed by atoms with van der Waals surface area (Å²) in [5, 5.41) is 0.450. The Morgan fingerprint density at radius 1 is 1.70 bits per heavy atom. The molecule has 0 amide bonds. The Balaban J connectivity index is 2.32. The molecule has 0 N–H and O–H groups in total. The summed E-state index contributed by atoms with van der Waals surface area (Å²) in [6.07, 6.45) is 6.03. The monoisotopic (exact) mass is 201 g/mol. The molecule has 2 nitrogen and oxygen atoms in total. The van der Waals surface area contributed by atoms with Crippen molar-refractivity contribution in [2.45, 2.75) is 6.42 Å². The molecule has 0 aromatic rings. The predicted molar refractivity (Wildman–Crippen MR) is 44.5 cm³/mol. The normalized spacial score (nSPS) is 21.9. The Labute approximate surface area is 68.2 Å². The standard InChI is InChI=1S/C7H8BrNO/c8-4-7(10)3-6-1-2-9-5-6/h1-2,5-6H,3-4H2. The number of carbonyl (C=O) groups is 1. The first-order valence-electron chi connectivity index (χ1n) is 3.10. The molecule has 3 heteroatoms. The fourth-order valence-corrected chi connectivity index (χ4v) is 1.04. The number of Topliss-reactive ketones (excluding diaryl/α,β-unsaturated/α-hetero) is 1. The van der Waals surface area contributed by atoms with Crippen molar-refractivity contribution in [1.29, 1.82) is 0 Å². The number of hydrogen-bond donors (Lipinski definition) is 0. The minimum Gasteiger partial charge on any atom is -0.299 e. The Morgan fingerprint density at radius 2 is 2.50 bits per heavy atom. The van der Waals surface area contributed by atoms with Crippen molar-refractivity contribution in [3.05, 3.63) is 12.3 Å². The molecule has 0 bridgehead atoms. The fraction of sp³-hybridized carbons (Fsp3) is 0.429. The first-order chi connectivity index (χ1) is 4.83. The molecule has 1 aliphatic heterocycles. The second-order valence-corrected chi connectivity index (χ2v) is 2.74. The Bertz CT molecular complexity index is 174. The molecular weight excluding hydrogens is 194 g/mol. The number of aliphatic imine (C=N–C) groups is 1. The third-order valence-corrected chi connectivity index (χ3v) is 1.93. The largest absolute Gasteiger partial charge is 0.299 e. The van der Waals surface area contributed by atoms with E-state index in [1.165, 1.54) is 0 Å². The van der Waals surface area contributed by atoms with Crippen molar-refractivity contribution in [1.82, 2.24) is 0 Å². The highest BCUT2D eigenvalue weighted by molar-refractivity contribution is 9.09. The third-order valence-electron chi connectivity index (χ3n) is 1.31. The van der Waals surface area contributed by atoms with Crippen LogP contribution >= 0.6 is 15.9 Å². The van der Waals surface area contributed by atoms with E-state index in [4.69, 9.17) is 0 Å². The van der Waals surface area contributed by atoms with E-state index in [2.05, 4.69) is 20.9 Å². The quantitative estimate of drug-likeness (QED) is 0.638. The number of rotatable bonds is 3. The van der Waals surface area contributed by atoms with Gasteiger partial charge in [0.25, 0.3) is 0 Å². The molecule has 0 saturated heterocycles. The van der Waals surface area contributed by atoms with Crippen LogP contribution in [0.2, 0.25) is 0 Å². The summed E-state index contributed by atoms with van der Waals surface area (Å²) in [4.78, 5) is 14.7. The number of hydrogen-bond acceptors (Lipinski definition) is 2. The van der Waals surface area contributed by atoms with Crippen molar-refractivity contribution in [3.8, 4) is 0 Å². The average Bonchev–Trinajstić information content (AvgIpc) is 2.40. The van der Waals surface area contributed by atoms with Crippen LogP contribution in [0.5, 0.6) is 0 Å². The number of ketones is 1. The topological polar surface area (TPSA) is 29.4 Å². The summed E-state index contributed by atoms with van der Waals surface area (Å²) in [7, 11) is 0. The lowest BCUT2D eigenvalue weighted by atomic mass is 10.1. The highest BCUT2D eigenvalue weighted by Gasteiger charge is 2.09. The maximum Gasteiger partial charge on any atom is 0.144 e. The summed E-state index contributed by atoms with van der Waals surface area (Å²) in [6.45, 7) is 0. The summed E-state index contributed by atoms with van der Waals surface area (Å²) >= 11 is 3.10. The number of allylic oxidation sites excluding steroid dienone is 1. The molecule has 1 atom stereocenters. The highest BCUT2D eigenvalue weighted by Crippen LogP contribution is 2.08. The Morgan fingerprint density at radius 3 is 3.00 bits per heavy atom. The van der Waals surface area contributed by atoms with Gasteiger partial charge in [-0.05, 0) is 0 Å². The van der Waals surface area contributed by atoms with Gasteiger partial charge in [0.05, 0.1) is 5.33 Å². The second kappa shape index (κ2) is 3.66. The van der Waals surface area contributed by atoms with Crippen LogP contribution in [0.3, 0.4) is 0 Å². The van der Waals surface area contributed by atoms with Gasteiger partial charge in [0.1, 0.15) is 5.78 Å². The minimum atomic E-state index is 0.225. The average molecular weight is 202 g/mol. The molecule has 0 radical (unpaired) electrons. The van der Waals surface area contributed by atoms with Crippen LogP contribution in [0.1, 0.15) is 6.42 Å². The van der Waals surface area contributed by atoms with Gasteiger partial charge >= 0.3 is 0 Å². The van der Waals surface area contributed by atoms with Crippen LogP contribution < -0.4 is 0 Å². The van der Waals surface area contributed by atoms with Gasteiger partial charge in [-0.25, -0.2) is 0 Å². The molecule has 0 saturated carbocycles. The lowest BCUT2D eigenvalue weighted by molar-refractivity contribution is -0.116. The van der Waals surface area contributed by atoms with Gasteiger partial charge in [0, 0.05) is 24.8 Å². The fourth-order valence-electron chi connectivity index (χ4n) is 0.808. The number of nitrogens with zero attached hydrogens (tertiary/aromatic N) is 1. The van der Waals surface area contributed by atoms with Crippen LogP contribution in [-0.4, -0.2) is 17.3 Å². The SMILES string of the molecule is O=C(CBr)CC1C=CN=C1. The summed E-state index contributed by atoms with van der Waals surface area (Å²) < 4.78 is 0. The van der Waals surface area contributed by atoms with Crippen molar-refractivity contribution in [2.24, 2.45) is 10.9 Å². The van der Waals surface area contributed by atoms with Crippen LogP contribution in [0, 0.1) is 5.92 Å². The molecular formula is C7H8BrNO. The van der Waals surface area contributed by atoms with E-state index in [-0.39, 0.29) is 11.7 Å². The molecule has 0 fully saturated rings. The molecule has 1 unspecified atom stereocenters. The zero-order valence-corrected chi connectivity index (χ0v) is 7.04.